The maximum atomic E-state index is 12.3. The molecule has 0 amide bonds. The van der Waals surface area contributed by atoms with Gasteiger partial charge in [0.15, 0.2) is 5.65 Å². The Morgan fingerprint density at radius 2 is 1.71 bits per heavy atom. The lowest BCUT2D eigenvalue weighted by Crippen LogP contribution is -2.40. The fraction of sp³-hybridized carbons (Fsp3) is 0.538. The Morgan fingerprint density at radius 1 is 1.05 bits per heavy atom. The van der Waals surface area contributed by atoms with E-state index in [1.54, 1.807) is 0 Å². The van der Waals surface area contributed by atoms with E-state index in [-0.39, 0.29) is 22.3 Å². The van der Waals surface area contributed by atoms with Crippen LogP contribution in [0.4, 0.5) is 5.69 Å². The topological polar surface area (TPSA) is 90.9 Å². The number of nitrogens with one attached hydrogen (secondary N) is 1. The third-order valence-corrected chi connectivity index (χ3v) is 3.47. The van der Waals surface area contributed by atoms with E-state index in [4.69, 9.17) is 0 Å². The summed E-state index contributed by atoms with van der Waals surface area (Å²) in [6, 6.07) is 0. The number of hydrogen-bond donors (Lipinski definition) is 1. The highest BCUT2D eigenvalue weighted by Gasteiger charge is 2.17. The zero-order valence-electron chi connectivity index (χ0n) is 12.6. The lowest BCUT2D eigenvalue weighted by Gasteiger charge is -2.12. The fourth-order valence-corrected chi connectivity index (χ4v) is 2.18. The van der Waals surface area contributed by atoms with Gasteiger partial charge < -0.3 is 5.32 Å². The summed E-state index contributed by atoms with van der Waals surface area (Å²) in [5, 5.41) is 7.20. The normalized spacial score (nSPS) is 11.0. The summed E-state index contributed by atoms with van der Waals surface area (Å²) in [4.78, 5) is 36.5. The molecule has 1 N–H and O–H groups in total. The minimum atomic E-state index is -0.516. The Bertz CT molecular complexity index is 859. The molecule has 0 saturated carbocycles. The molecule has 2 heterocycles. The van der Waals surface area contributed by atoms with Crippen LogP contribution in [0.3, 0.4) is 0 Å². The van der Waals surface area contributed by atoms with Crippen LogP contribution in [0.5, 0.6) is 0 Å². The number of nitrogens with zero attached hydrogens (tertiary/aromatic N) is 4. The summed E-state index contributed by atoms with van der Waals surface area (Å²) in [5.74, 6) is 0. The molecule has 0 aromatic carbocycles. The van der Waals surface area contributed by atoms with Gasteiger partial charge in [0.2, 0.25) is 0 Å². The summed E-state index contributed by atoms with van der Waals surface area (Å²) in [6.07, 6.45) is 1.84. The average molecular weight is 293 g/mol. The largest absolute Gasteiger partial charge is 0.380 e. The Balaban J connectivity index is 2.89. The van der Waals surface area contributed by atoms with Crippen LogP contribution in [0.2, 0.25) is 0 Å². The van der Waals surface area contributed by atoms with E-state index in [1.165, 1.54) is 25.7 Å². The van der Waals surface area contributed by atoms with Crippen molar-refractivity contribution in [1.82, 2.24) is 18.9 Å². The molecule has 0 atom stereocenters. The second-order valence-electron chi connectivity index (χ2n) is 4.99. The predicted molar refractivity (Wildman–Crippen MR) is 80.9 cm³/mol. The SMILES string of the molecule is CCCCNc1c(=O)n(C)nc2c1c(=O)n(C)c(=O)n2C. The fourth-order valence-electron chi connectivity index (χ4n) is 2.18. The van der Waals surface area contributed by atoms with Crippen molar-refractivity contribution in [2.24, 2.45) is 21.1 Å². The zero-order chi connectivity index (χ0) is 15.7. The first-order valence-corrected chi connectivity index (χ1v) is 6.81. The number of fused-ring (bicyclic) bond motifs is 1. The van der Waals surface area contributed by atoms with Gasteiger partial charge in [-0.25, -0.2) is 9.48 Å². The number of anilines is 1. The molecule has 8 nitrogen and oxygen atoms in total. The van der Waals surface area contributed by atoms with Gasteiger partial charge in [-0.1, -0.05) is 13.3 Å². The van der Waals surface area contributed by atoms with Gasteiger partial charge in [-0.15, -0.1) is 0 Å². The molecule has 0 saturated heterocycles. The van der Waals surface area contributed by atoms with E-state index in [1.807, 2.05) is 6.92 Å². The van der Waals surface area contributed by atoms with Gasteiger partial charge in [0.05, 0.1) is 0 Å². The molecular weight excluding hydrogens is 274 g/mol. The zero-order valence-corrected chi connectivity index (χ0v) is 12.6. The molecule has 0 radical (unpaired) electrons. The summed E-state index contributed by atoms with van der Waals surface area (Å²) in [7, 11) is 4.41. The van der Waals surface area contributed by atoms with Crippen molar-refractivity contribution in [3.63, 3.8) is 0 Å². The quantitative estimate of drug-likeness (QED) is 0.771. The predicted octanol–water partition coefficient (Wildman–Crippen LogP) is -0.457. The van der Waals surface area contributed by atoms with Crippen molar-refractivity contribution < 1.29 is 0 Å². The summed E-state index contributed by atoms with van der Waals surface area (Å²) in [6.45, 7) is 2.62. The Labute approximate surface area is 120 Å². The highest BCUT2D eigenvalue weighted by molar-refractivity contribution is 5.87. The van der Waals surface area contributed by atoms with Gasteiger partial charge in [0, 0.05) is 27.7 Å². The van der Waals surface area contributed by atoms with Crippen LogP contribution >= 0.6 is 0 Å². The molecule has 0 aliphatic heterocycles. The maximum Gasteiger partial charge on any atom is 0.332 e. The van der Waals surface area contributed by atoms with Crippen LogP contribution in [-0.2, 0) is 21.1 Å². The number of unbranched alkanes of at least 4 members (excludes halogenated alkanes) is 1. The van der Waals surface area contributed by atoms with E-state index in [0.717, 1.165) is 22.1 Å². The molecule has 0 fully saturated rings. The van der Waals surface area contributed by atoms with Crippen LogP contribution in [0.25, 0.3) is 11.0 Å². The van der Waals surface area contributed by atoms with Crippen LogP contribution in [-0.4, -0.2) is 25.5 Å². The highest BCUT2D eigenvalue weighted by atomic mass is 16.2. The number of aryl methyl sites for hydroxylation is 2. The minimum Gasteiger partial charge on any atom is -0.380 e. The first-order chi connectivity index (χ1) is 9.90. The van der Waals surface area contributed by atoms with E-state index < -0.39 is 11.2 Å². The molecule has 2 aromatic heterocycles. The molecular formula is C13H19N5O3. The molecule has 2 aromatic rings. The first kappa shape index (κ1) is 15.0. The molecule has 8 heteroatoms. The molecule has 2 rings (SSSR count). The van der Waals surface area contributed by atoms with Gasteiger partial charge in [-0.2, -0.15) is 5.10 Å². The van der Waals surface area contributed by atoms with Crippen molar-refractivity contribution in [3.8, 4) is 0 Å². The summed E-state index contributed by atoms with van der Waals surface area (Å²) >= 11 is 0. The second kappa shape index (κ2) is 5.55. The van der Waals surface area contributed by atoms with Crippen LogP contribution in [0.1, 0.15) is 19.8 Å². The van der Waals surface area contributed by atoms with Gasteiger partial charge in [-0.05, 0) is 6.42 Å². The van der Waals surface area contributed by atoms with Gasteiger partial charge in [0.25, 0.3) is 11.1 Å². The summed E-state index contributed by atoms with van der Waals surface area (Å²) in [5.41, 5.74) is -0.971. The van der Waals surface area contributed by atoms with Gasteiger partial charge in [0.1, 0.15) is 11.1 Å². The molecule has 0 aliphatic carbocycles. The smallest absolute Gasteiger partial charge is 0.332 e. The Hall–Kier alpha value is -2.38. The minimum absolute atomic E-state index is 0.152. The molecule has 0 bridgehead atoms. The van der Waals surface area contributed by atoms with E-state index >= 15 is 0 Å². The number of hydrogen-bond acceptors (Lipinski definition) is 5. The summed E-state index contributed by atoms with van der Waals surface area (Å²) < 4.78 is 3.38. The van der Waals surface area contributed by atoms with Crippen molar-refractivity contribution in [2.75, 3.05) is 11.9 Å². The standard InChI is InChI=1S/C13H19N5O3/c1-5-6-7-14-9-8-10(15-18(4)12(9)20)16(2)13(21)17(3)11(8)19/h14H,5-7H2,1-4H3. The second-order valence-corrected chi connectivity index (χ2v) is 4.99. The van der Waals surface area contributed by atoms with Crippen molar-refractivity contribution in [2.45, 2.75) is 19.8 Å². The molecule has 0 unspecified atom stereocenters. The third kappa shape index (κ3) is 2.37. The van der Waals surface area contributed by atoms with Crippen molar-refractivity contribution in [3.05, 3.63) is 31.2 Å². The Kier molecular flexibility index (Phi) is 3.97. The van der Waals surface area contributed by atoms with Gasteiger partial charge >= 0.3 is 5.69 Å². The highest BCUT2D eigenvalue weighted by Crippen LogP contribution is 2.11. The molecule has 0 aliphatic rings. The third-order valence-electron chi connectivity index (χ3n) is 3.47. The Morgan fingerprint density at radius 3 is 2.33 bits per heavy atom. The molecule has 0 spiro atoms. The van der Waals surface area contributed by atoms with Crippen molar-refractivity contribution in [1.29, 1.82) is 0 Å². The first-order valence-electron chi connectivity index (χ1n) is 6.81. The average Bonchev–Trinajstić information content (AvgIpc) is 2.47. The van der Waals surface area contributed by atoms with Crippen molar-refractivity contribution >= 4 is 16.7 Å². The van der Waals surface area contributed by atoms with Crippen LogP contribution < -0.4 is 22.1 Å². The molecule has 114 valence electrons. The maximum absolute atomic E-state index is 12.3. The number of aromatic nitrogens is 4. The monoisotopic (exact) mass is 293 g/mol. The van der Waals surface area contributed by atoms with E-state index in [9.17, 15) is 14.4 Å². The van der Waals surface area contributed by atoms with Crippen LogP contribution in [0, 0.1) is 0 Å². The van der Waals surface area contributed by atoms with Crippen LogP contribution in [0.15, 0.2) is 14.4 Å². The van der Waals surface area contributed by atoms with E-state index in [2.05, 4.69) is 10.4 Å². The lowest BCUT2D eigenvalue weighted by atomic mass is 10.2. The molecule has 21 heavy (non-hydrogen) atoms. The van der Waals surface area contributed by atoms with E-state index in [0.29, 0.717) is 6.54 Å². The van der Waals surface area contributed by atoms with Gasteiger partial charge in [-0.3, -0.25) is 18.7 Å². The lowest BCUT2D eigenvalue weighted by molar-refractivity contribution is 0.667. The number of rotatable bonds is 4.